The van der Waals surface area contributed by atoms with Crippen molar-refractivity contribution in [2.75, 3.05) is 13.6 Å². The van der Waals surface area contributed by atoms with Crippen molar-refractivity contribution < 1.29 is 19.1 Å². The first-order valence-electron chi connectivity index (χ1n) is 5.66. The lowest BCUT2D eigenvalue weighted by Gasteiger charge is -2.17. The monoisotopic (exact) mass is 253 g/mol. The van der Waals surface area contributed by atoms with Gasteiger partial charge in [0.15, 0.2) is 0 Å². The number of carboxylic acid groups (broad SMARTS) is 1. The van der Waals surface area contributed by atoms with E-state index in [1.54, 1.807) is 19.1 Å². The zero-order valence-corrected chi connectivity index (χ0v) is 10.4. The van der Waals surface area contributed by atoms with E-state index in [0.29, 0.717) is 18.5 Å². The lowest BCUT2D eigenvalue weighted by Crippen LogP contribution is -2.29. The molecule has 0 radical (unpaired) electrons. The van der Waals surface area contributed by atoms with E-state index in [2.05, 4.69) is 0 Å². The molecule has 0 saturated carbocycles. The third-order valence-electron chi connectivity index (χ3n) is 2.65. The number of rotatable bonds is 5. The number of hydrogen-bond acceptors (Lipinski definition) is 2. The third kappa shape index (κ3) is 3.55. The number of aliphatic carboxylic acids is 1. The van der Waals surface area contributed by atoms with Crippen LogP contribution in [0.1, 0.15) is 28.8 Å². The van der Waals surface area contributed by atoms with Crippen LogP contribution in [-0.2, 0) is 4.79 Å². The quantitative estimate of drug-likeness (QED) is 0.874. The molecule has 0 aliphatic carbocycles. The molecule has 4 nitrogen and oxygen atoms in total. The highest BCUT2D eigenvalue weighted by Crippen LogP contribution is 2.14. The Morgan fingerprint density at radius 2 is 2.06 bits per heavy atom. The Kier molecular flexibility index (Phi) is 4.83. The number of halogens is 1. The van der Waals surface area contributed by atoms with Gasteiger partial charge in [-0.3, -0.25) is 9.59 Å². The summed E-state index contributed by atoms with van der Waals surface area (Å²) in [6.45, 7) is 1.88. The molecule has 1 aromatic rings. The normalized spacial score (nSPS) is 10.2. The van der Waals surface area contributed by atoms with Gasteiger partial charge in [-0.2, -0.15) is 0 Å². The van der Waals surface area contributed by atoms with Crippen molar-refractivity contribution in [1.29, 1.82) is 0 Å². The number of carbonyl (C=O) groups is 2. The van der Waals surface area contributed by atoms with Crippen LogP contribution in [0, 0.1) is 12.7 Å². The number of carboxylic acids is 1. The smallest absolute Gasteiger partial charge is 0.303 e. The predicted molar refractivity (Wildman–Crippen MR) is 65.0 cm³/mol. The molecule has 5 heteroatoms. The predicted octanol–water partition coefficient (Wildman–Crippen LogP) is 2.07. The van der Waals surface area contributed by atoms with Gasteiger partial charge in [0.05, 0.1) is 5.56 Å². The molecule has 0 bridgehead atoms. The first-order valence-corrected chi connectivity index (χ1v) is 5.66. The molecule has 0 spiro atoms. The standard InChI is InChI=1S/C13H16FNO3/c1-9-5-3-6-10(12(9)14)13(18)15(2)8-4-7-11(16)17/h3,5-6H,4,7-8H2,1-2H3,(H,16,17). The van der Waals surface area contributed by atoms with E-state index in [1.165, 1.54) is 18.0 Å². The maximum atomic E-state index is 13.7. The number of benzene rings is 1. The third-order valence-corrected chi connectivity index (χ3v) is 2.65. The maximum absolute atomic E-state index is 13.7. The van der Waals surface area contributed by atoms with Gasteiger partial charge >= 0.3 is 5.97 Å². The highest BCUT2D eigenvalue weighted by atomic mass is 19.1. The fourth-order valence-corrected chi connectivity index (χ4v) is 1.59. The van der Waals surface area contributed by atoms with Crippen LogP contribution in [0.25, 0.3) is 0 Å². The second-order valence-electron chi connectivity index (χ2n) is 4.16. The Morgan fingerprint density at radius 3 is 2.67 bits per heavy atom. The van der Waals surface area contributed by atoms with Crippen LogP contribution in [0.5, 0.6) is 0 Å². The minimum Gasteiger partial charge on any atom is -0.481 e. The van der Waals surface area contributed by atoms with E-state index >= 15 is 0 Å². The second kappa shape index (κ2) is 6.14. The van der Waals surface area contributed by atoms with E-state index in [9.17, 15) is 14.0 Å². The Hall–Kier alpha value is -1.91. The van der Waals surface area contributed by atoms with Crippen LogP contribution in [0.3, 0.4) is 0 Å². The molecular weight excluding hydrogens is 237 g/mol. The number of nitrogens with zero attached hydrogens (tertiary/aromatic N) is 1. The van der Waals surface area contributed by atoms with Crippen LogP contribution in [-0.4, -0.2) is 35.5 Å². The Balaban J connectivity index is 2.69. The van der Waals surface area contributed by atoms with Gasteiger partial charge in [0.1, 0.15) is 5.82 Å². The molecule has 0 aliphatic heterocycles. The molecule has 0 heterocycles. The average molecular weight is 253 g/mol. The van der Waals surface area contributed by atoms with Gasteiger partial charge in [0.25, 0.3) is 5.91 Å². The SMILES string of the molecule is Cc1cccc(C(=O)N(C)CCCC(=O)O)c1F. The highest BCUT2D eigenvalue weighted by Gasteiger charge is 2.17. The zero-order chi connectivity index (χ0) is 13.7. The van der Waals surface area contributed by atoms with E-state index in [0.717, 1.165) is 0 Å². The second-order valence-corrected chi connectivity index (χ2v) is 4.16. The summed E-state index contributed by atoms with van der Waals surface area (Å²) < 4.78 is 13.7. The van der Waals surface area contributed by atoms with Crippen molar-refractivity contribution in [3.8, 4) is 0 Å². The number of amides is 1. The number of hydrogen-bond donors (Lipinski definition) is 1. The first kappa shape index (κ1) is 14.2. The molecule has 0 atom stereocenters. The summed E-state index contributed by atoms with van der Waals surface area (Å²) in [7, 11) is 1.53. The summed E-state index contributed by atoms with van der Waals surface area (Å²) in [5.41, 5.74) is 0.438. The molecule has 1 aromatic carbocycles. The van der Waals surface area contributed by atoms with Crippen molar-refractivity contribution in [3.05, 3.63) is 35.1 Å². The molecular formula is C13H16FNO3. The molecule has 0 aromatic heterocycles. The van der Waals surface area contributed by atoms with Gasteiger partial charge < -0.3 is 10.0 Å². The van der Waals surface area contributed by atoms with Crippen LogP contribution >= 0.6 is 0 Å². The Morgan fingerprint density at radius 1 is 1.39 bits per heavy atom. The summed E-state index contributed by atoms with van der Waals surface area (Å²) in [6, 6.07) is 4.64. The van der Waals surface area contributed by atoms with Crippen LogP contribution in [0.4, 0.5) is 4.39 Å². The van der Waals surface area contributed by atoms with E-state index in [4.69, 9.17) is 5.11 Å². The van der Waals surface area contributed by atoms with Crippen molar-refractivity contribution in [2.24, 2.45) is 0 Å². The highest BCUT2D eigenvalue weighted by molar-refractivity contribution is 5.94. The average Bonchev–Trinajstić information content (AvgIpc) is 2.31. The summed E-state index contributed by atoms with van der Waals surface area (Å²) in [5, 5.41) is 8.50. The molecule has 0 unspecified atom stereocenters. The fourth-order valence-electron chi connectivity index (χ4n) is 1.59. The van der Waals surface area contributed by atoms with E-state index in [-0.39, 0.29) is 12.0 Å². The van der Waals surface area contributed by atoms with E-state index < -0.39 is 17.7 Å². The molecule has 0 fully saturated rings. The lowest BCUT2D eigenvalue weighted by molar-refractivity contribution is -0.137. The minimum absolute atomic E-state index is 0.00603. The Bertz CT molecular complexity index is 460. The molecule has 1 N–H and O–H groups in total. The van der Waals surface area contributed by atoms with Gasteiger partial charge in [-0.25, -0.2) is 4.39 Å². The molecule has 1 amide bonds. The summed E-state index contributed by atoms with van der Waals surface area (Å²) in [5.74, 6) is -1.85. The molecule has 0 saturated heterocycles. The lowest BCUT2D eigenvalue weighted by atomic mass is 10.1. The maximum Gasteiger partial charge on any atom is 0.303 e. The molecule has 98 valence electrons. The van der Waals surface area contributed by atoms with Crippen LogP contribution in [0.15, 0.2) is 18.2 Å². The van der Waals surface area contributed by atoms with Crippen molar-refractivity contribution >= 4 is 11.9 Å². The summed E-state index contributed by atoms with van der Waals surface area (Å²) in [4.78, 5) is 23.6. The summed E-state index contributed by atoms with van der Waals surface area (Å²) in [6.07, 6.45) is 0.346. The fraction of sp³-hybridized carbons (Fsp3) is 0.385. The van der Waals surface area contributed by atoms with Crippen LogP contribution < -0.4 is 0 Å². The Labute approximate surface area is 105 Å². The van der Waals surface area contributed by atoms with Crippen LogP contribution in [0.2, 0.25) is 0 Å². The van der Waals surface area contributed by atoms with Gasteiger partial charge in [-0.05, 0) is 25.0 Å². The number of carbonyl (C=O) groups excluding carboxylic acids is 1. The molecule has 18 heavy (non-hydrogen) atoms. The molecule has 0 aliphatic rings. The van der Waals surface area contributed by atoms with Gasteiger partial charge in [0, 0.05) is 20.0 Å². The van der Waals surface area contributed by atoms with Crippen molar-refractivity contribution in [2.45, 2.75) is 19.8 Å². The van der Waals surface area contributed by atoms with E-state index in [1.807, 2.05) is 0 Å². The summed E-state index contributed by atoms with van der Waals surface area (Å²) >= 11 is 0. The zero-order valence-electron chi connectivity index (χ0n) is 10.4. The topological polar surface area (TPSA) is 57.6 Å². The largest absolute Gasteiger partial charge is 0.481 e. The van der Waals surface area contributed by atoms with Crippen molar-refractivity contribution in [3.63, 3.8) is 0 Å². The first-order chi connectivity index (χ1) is 8.43. The van der Waals surface area contributed by atoms with Gasteiger partial charge in [-0.15, -0.1) is 0 Å². The van der Waals surface area contributed by atoms with Crippen molar-refractivity contribution in [1.82, 2.24) is 4.90 Å². The number of aryl methyl sites for hydroxylation is 1. The van der Waals surface area contributed by atoms with Gasteiger partial charge in [-0.1, -0.05) is 12.1 Å². The minimum atomic E-state index is -0.905. The van der Waals surface area contributed by atoms with Gasteiger partial charge in [0.2, 0.25) is 0 Å². The molecule has 1 rings (SSSR count).